The number of rotatable bonds is 7. The number of urea groups is 1. The van der Waals surface area contributed by atoms with Crippen LogP contribution in [0.2, 0.25) is 5.02 Å². The highest BCUT2D eigenvalue weighted by atomic mass is 35.5. The first kappa shape index (κ1) is 16.7. The summed E-state index contributed by atoms with van der Waals surface area (Å²) < 4.78 is 4.85. The number of carboxylic acid groups (broad SMARTS) is 1. The van der Waals surface area contributed by atoms with E-state index in [9.17, 15) is 14.4 Å². The van der Waals surface area contributed by atoms with Gasteiger partial charge in [-0.15, -0.1) is 0 Å². The van der Waals surface area contributed by atoms with Gasteiger partial charge < -0.3 is 26.2 Å². The Balaban J connectivity index is 2.39. The van der Waals surface area contributed by atoms with Crippen LogP contribution in [0.1, 0.15) is 10.4 Å². The summed E-state index contributed by atoms with van der Waals surface area (Å²) in [7, 11) is 0. The third kappa shape index (κ3) is 6.11. The second-order valence-corrected chi connectivity index (χ2v) is 4.31. The minimum Gasteiger partial charge on any atom is -0.478 e. The molecule has 0 saturated heterocycles. The molecule has 0 heterocycles. The number of carboxylic acids is 1. The molecule has 114 valence electrons. The largest absolute Gasteiger partial charge is 0.478 e. The van der Waals surface area contributed by atoms with Crippen LogP contribution in [0, 0.1) is 0 Å². The lowest BCUT2D eigenvalue weighted by Crippen LogP contribution is -2.32. The maximum atomic E-state index is 11.5. The van der Waals surface area contributed by atoms with Gasteiger partial charge in [0.1, 0.15) is 6.61 Å². The van der Waals surface area contributed by atoms with E-state index in [0.29, 0.717) is 5.69 Å². The van der Waals surface area contributed by atoms with Crippen LogP contribution in [0.4, 0.5) is 10.5 Å². The molecule has 1 rings (SSSR count). The molecule has 0 atom stereocenters. The molecule has 0 bridgehead atoms. The molecular formula is C12H14ClN3O5. The van der Waals surface area contributed by atoms with Crippen molar-refractivity contribution in [1.82, 2.24) is 5.32 Å². The summed E-state index contributed by atoms with van der Waals surface area (Å²) in [4.78, 5) is 32.7. The molecule has 5 N–H and O–H groups in total. The lowest BCUT2D eigenvalue weighted by molar-refractivity contribution is -0.122. The van der Waals surface area contributed by atoms with Gasteiger partial charge in [-0.2, -0.15) is 0 Å². The van der Waals surface area contributed by atoms with Crippen molar-refractivity contribution in [2.24, 2.45) is 5.73 Å². The van der Waals surface area contributed by atoms with Gasteiger partial charge in [-0.3, -0.25) is 4.79 Å². The topological polar surface area (TPSA) is 131 Å². The summed E-state index contributed by atoms with van der Waals surface area (Å²) in [6.45, 7) is 0.102. The van der Waals surface area contributed by atoms with Crippen LogP contribution in [0.3, 0.4) is 0 Å². The molecule has 0 unspecified atom stereocenters. The molecule has 8 nitrogen and oxygen atoms in total. The molecule has 0 fully saturated rings. The molecule has 0 aromatic heterocycles. The zero-order chi connectivity index (χ0) is 15.8. The number of primary amides is 1. The van der Waals surface area contributed by atoms with Crippen molar-refractivity contribution in [3.8, 4) is 0 Å². The molecule has 0 aliphatic carbocycles. The molecule has 0 saturated carbocycles. The van der Waals surface area contributed by atoms with Gasteiger partial charge in [0.05, 0.1) is 17.2 Å². The van der Waals surface area contributed by atoms with Gasteiger partial charge in [-0.1, -0.05) is 11.6 Å². The average molecular weight is 316 g/mol. The van der Waals surface area contributed by atoms with E-state index in [-0.39, 0.29) is 30.3 Å². The highest BCUT2D eigenvalue weighted by Crippen LogP contribution is 2.20. The summed E-state index contributed by atoms with van der Waals surface area (Å²) in [5, 5.41) is 13.8. The summed E-state index contributed by atoms with van der Waals surface area (Å²) in [5.41, 5.74) is 5.16. The fraction of sp³-hybridized carbons (Fsp3) is 0.250. The number of hydrogen-bond donors (Lipinski definition) is 4. The van der Waals surface area contributed by atoms with Gasteiger partial charge in [0.2, 0.25) is 5.91 Å². The van der Waals surface area contributed by atoms with Crippen molar-refractivity contribution >= 4 is 35.2 Å². The van der Waals surface area contributed by atoms with Crippen LogP contribution >= 0.6 is 11.6 Å². The number of carbonyl (C=O) groups excluding carboxylic acids is 2. The molecule has 9 heteroatoms. The van der Waals surface area contributed by atoms with Crippen LogP contribution in [0.25, 0.3) is 0 Å². The van der Waals surface area contributed by atoms with E-state index in [4.69, 9.17) is 27.2 Å². The minimum absolute atomic E-state index is 0.0186. The van der Waals surface area contributed by atoms with E-state index in [1.165, 1.54) is 18.2 Å². The van der Waals surface area contributed by atoms with E-state index in [2.05, 4.69) is 10.6 Å². The zero-order valence-corrected chi connectivity index (χ0v) is 11.6. The van der Waals surface area contributed by atoms with Gasteiger partial charge in [-0.05, 0) is 18.2 Å². The third-order valence-electron chi connectivity index (χ3n) is 2.23. The maximum Gasteiger partial charge on any atom is 0.337 e. The van der Waals surface area contributed by atoms with E-state index in [1.54, 1.807) is 0 Å². The minimum atomic E-state index is -1.15. The van der Waals surface area contributed by atoms with Crippen molar-refractivity contribution in [3.63, 3.8) is 0 Å². The highest BCUT2D eigenvalue weighted by molar-refractivity contribution is 6.33. The van der Waals surface area contributed by atoms with Crippen LogP contribution in [0.15, 0.2) is 18.2 Å². The Morgan fingerprint density at radius 3 is 2.62 bits per heavy atom. The number of benzene rings is 1. The maximum absolute atomic E-state index is 11.5. The summed E-state index contributed by atoms with van der Waals surface area (Å²) in [5.74, 6) is -1.74. The molecule has 21 heavy (non-hydrogen) atoms. The molecule has 0 radical (unpaired) electrons. The van der Waals surface area contributed by atoms with E-state index < -0.39 is 17.9 Å². The molecule has 0 aliphatic rings. The first-order chi connectivity index (χ1) is 9.90. The lowest BCUT2D eigenvalue weighted by atomic mass is 10.2. The van der Waals surface area contributed by atoms with E-state index in [1.807, 2.05) is 0 Å². The average Bonchev–Trinajstić information content (AvgIpc) is 2.37. The number of hydrogen-bond acceptors (Lipinski definition) is 4. The fourth-order valence-corrected chi connectivity index (χ4v) is 1.61. The molecule has 0 aliphatic heterocycles. The SMILES string of the molecule is NC(=O)COCCNC(=O)Nc1ccc(C(=O)O)c(Cl)c1. The standard InChI is InChI=1S/C12H14ClN3O5/c13-9-5-7(1-2-8(9)11(18)19)16-12(20)15-3-4-21-6-10(14)17/h1-2,5H,3-4,6H2,(H2,14,17)(H,18,19)(H2,15,16,20). The van der Waals surface area contributed by atoms with Crippen LogP contribution in [0.5, 0.6) is 0 Å². The monoisotopic (exact) mass is 315 g/mol. The highest BCUT2D eigenvalue weighted by Gasteiger charge is 2.10. The van der Waals surface area contributed by atoms with Gasteiger partial charge in [0, 0.05) is 12.2 Å². The Morgan fingerprint density at radius 1 is 1.33 bits per heavy atom. The van der Waals surface area contributed by atoms with Crippen molar-refractivity contribution < 1.29 is 24.2 Å². The Labute approximate surface area is 125 Å². The zero-order valence-electron chi connectivity index (χ0n) is 10.9. The lowest BCUT2D eigenvalue weighted by Gasteiger charge is -2.08. The first-order valence-electron chi connectivity index (χ1n) is 5.84. The summed E-state index contributed by atoms with van der Waals surface area (Å²) >= 11 is 5.77. The smallest absolute Gasteiger partial charge is 0.337 e. The van der Waals surface area contributed by atoms with E-state index >= 15 is 0 Å². The van der Waals surface area contributed by atoms with Crippen LogP contribution in [-0.4, -0.2) is 42.8 Å². The number of amides is 3. The van der Waals surface area contributed by atoms with Gasteiger partial charge >= 0.3 is 12.0 Å². The van der Waals surface area contributed by atoms with Crippen molar-refractivity contribution in [2.75, 3.05) is 25.1 Å². The van der Waals surface area contributed by atoms with Crippen LogP contribution < -0.4 is 16.4 Å². The Hall–Kier alpha value is -2.32. The fourth-order valence-electron chi connectivity index (χ4n) is 1.35. The number of carbonyl (C=O) groups is 3. The third-order valence-corrected chi connectivity index (χ3v) is 2.55. The Morgan fingerprint density at radius 2 is 2.05 bits per heavy atom. The molecular weight excluding hydrogens is 302 g/mol. The van der Waals surface area contributed by atoms with E-state index in [0.717, 1.165) is 0 Å². The first-order valence-corrected chi connectivity index (χ1v) is 6.21. The predicted molar refractivity (Wildman–Crippen MR) is 75.4 cm³/mol. The predicted octanol–water partition coefficient (Wildman–Crippen LogP) is 0.662. The quantitative estimate of drug-likeness (QED) is 0.549. The number of ether oxygens (including phenoxy) is 1. The van der Waals surface area contributed by atoms with Crippen molar-refractivity contribution in [2.45, 2.75) is 0 Å². The van der Waals surface area contributed by atoms with Crippen LogP contribution in [-0.2, 0) is 9.53 Å². The number of nitrogens with two attached hydrogens (primary N) is 1. The van der Waals surface area contributed by atoms with Gasteiger partial charge in [-0.25, -0.2) is 9.59 Å². The number of anilines is 1. The molecule has 0 spiro atoms. The Bertz CT molecular complexity index is 550. The second kappa shape index (κ2) is 8.08. The normalized spacial score (nSPS) is 9.95. The number of aromatic carboxylic acids is 1. The molecule has 1 aromatic rings. The second-order valence-electron chi connectivity index (χ2n) is 3.90. The van der Waals surface area contributed by atoms with Crippen molar-refractivity contribution in [3.05, 3.63) is 28.8 Å². The summed E-state index contributed by atoms with van der Waals surface area (Å²) in [6, 6.07) is 3.51. The molecule has 3 amide bonds. The van der Waals surface area contributed by atoms with Gasteiger partial charge in [0.15, 0.2) is 0 Å². The number of halogens is 1. The summed E-state index contributed by atoms with van der Waals surface area (Å²) in [6.07, 6.45) is 0. The van der Waals surface area contributed by atoms with Crippen molar-refractivity contribution in [1.29, 1.82) is 0 Å². The molecule has 1 aromatic carbocycles. The Kier molecular flexibility index (Phi) is 6.44. The van der Waals surface area contributed by atoms with Gasteiger partial charge in [0.25, 0.3) is 0 Å². The number of nitrogens with one attached hydrogen (secondary N) is 2.